The number of hydrogen-bond acceptors (Lipinski definition) is 6. The van der Waals surface area contributed by atoms with Crippen LogP contribution >= 0.6 is 35.3 Å². The molecule has 2 amide bonds. The van der Waals surface area contributed by atoms with E-state index in [1.165, 1.54) is 23.1 Å². The molecule has 1 fully saturated rings. The highest BCUT2D eigenvalue weighted by atomic mass is 32.2. The van der Waals surface area contributed by atoms with E-state index in [2.05, 4.69) is 22.0 Å². The molecule has 0 radical (unpaired) electrons. The topological polar surface area (TPSA) is 97.3 Å². The fourth-order valence-corrected chi connectivity index (χ4v) is 6.02. The van der Waals surface area contributed by atoms with Crippen molar-refractivity contribution in [2.45, 2.75) is 55.8 Å². The van der Waals surface area contributed by atoms with Crippen molar-refractivity contribution in [1.82, 2.24) is 10.2 Å². The lowest BCUT2D eigenvalue weighted by Gasteiger charge is -2.25. The van der Waals surface area contributed by atoms with E-state index in [0.717, 1.165) is 33.9 Å². The summed E-state index contributed by atoms with van der Waals surface area (Å²) in [5.41, 5.74) is 2.32. The lowest BCUT2D eigenvalue weighted by molar-refractivity contribution is -0.129. The normalized spacial score (nSPS) is 15.7. The fraction of sp³-hybridized carbons (Fsp3) is 0.391. The number of carbonyl (C=O) groups is 2. The summed E-state index contributed by atoms with van der Waals surface area (Å²) in [6.07, 6.45) is 2.90. The maximum atomic E-state index is 13.0. The van der Waals surface area contributed by atoms with Gasteiger partial charge in [0.25, 0.3) is 0 Å². The lowest BCUT2D eigenvalue weighted by atomic mass is 10.0. The van der Waals surface area contributed by atoms with Crippen molar-refractivity contribution in [3.05, 3.63) is 40.3 Å². The van der Waals surface area contributed by atoms with Crippen LogP contribution in [0.4, 0.5) is 10.7 Å². The van der Waals surface area contributed by atoms with E-state index in [4.69, 9.17) is 12.2 Å². The van der Waals surface area contributed by atoms with Crippen molar-refractivity contribution in [2.24, 2.45) is 0 Å². The number of thiophene rings is 1. The Balaban J connectivity index is 1.43. The number of amides is 2. The van der Waals surface area contributed by atoms with E-state index < -0.39 is 5.25 Å². The second-order valence-corrected chi connectivity index (χ2v) is 11.0. The fourth-order valence-electron chi connectivity index (χ4n) is 3.58. The number of thioether (sulfide) groups is 1. The first kappa shape index (κ1) is 23.5. The Labute approximate surface area is 206 Å². The summed E-state index contributed by atoms with van der Waals surface area (Å²) in [7, 11) is 0. The third kappa shape index (κ3) is 5.66. The van der Waals surface area contributed by atoms with Gasteiger partial charge in [0.05, 0.1) is 23.0 Å². The van der Waals surface area contributed by atoms with E-state index in [1.54, 1.807) is 11.8 Å². The molecule has 3 N–H and O–H groups in total. The minimum Gasteiger partial charge on any atom is -0.360 e. The van der Waals surface area contributed by atoms with Gasteiger partial charge in [-0.15, -0.1) is 23.1 Å². The van der Waals surface area contributed by atoms with E-state index in [1.807, 2.05) is 31.2 Å². The molecule has 1 atom stereocenters. The first-order valence-corrected chi connectivity index (χ1v) is 12.9. The molecule has 0 bridgehead atoms. The van der Waals surface area contributed by atoms with E-state index >= 15 is 0 Å². The number of para-hydroxylation sites is 1. The number of nitrogens with one attached hydrogen (secondary N) is 3. The molecule has 33 heavy (non-hydrogen) atoms. The monoisotopic (exact) mass is 499 g/mol. The summed E-state index contributed by atoms with van der Waals surface area (Å²) >= 11 is 8.21. The van der Waals surface area contributed by atoms with Gasteiger partial charge >= 0.3 is 0 Å². The smallest absolute Gasteiger partial charge is 0.238 e. The third-order valence-electron chi connectivity index (χ3n) is 5.57. The minimum absolute atomic E-state index is 0.0160. The number of thiocarbonyl (C=S) groups is 1. The largest absolute Gasteiger partial charge is 0.360 e. The standard InChI is InChI=1S/C23H25N5O2S3/c1-13(32-19-6-4-3-5-18(19)26-23(31)25-15-7-8-15)21(30)27-22-17(11-24)16-9-10-28(14(2)29)12-20(16)33-22/h3-6,13,15H,7-10,12H2,1-2H3,(H,27,30)(H2,25,26,31)/t13-/m1/s1. The summed E-state index contributed by atoms with van der Waals surface area (Å²) in [5, 5.41) is 19.9. The van der Waals surface area contributed by atoms with Gasteiger partial charge in [-0.25, -0.2) is 0 Å². The number of anilines is 2. The van der Waals surface area contributed by atoms with Gasteiger partial charge in [-0.05, 0) is 56.1 Å². The van der Waals surface area contributed by atoms with Crippen LogP contribution in [-0.2, 0) is 22.6 Å². The number of nitrogens with zero attached hydrogens (tertiary/aromatic N) is 2. The number of rotatable bonds is 6. The molecule has 0 saturated heterocycles. The Hall–Kier alpha value is -2.61. The van der Waals surface area contributed by atoms with Crippen LogP contribution in [0.1, 0.15) is 42.7 Å². The maximum absolute atomic E-state index is 13.0. The van der Waals surface area contributed by atoms with Gasteiger partial charge in [-0.3, -0.25) is 9.59 Å². The van der Waals surface area contributed by atoms with Crippen molar-refractivity contribution in [2.75, 3.05) is 17.2 Å². The first-order valence-electron chi connectivity index (χ1n) is 10.8. The average molecular weight is 500 g/mol. The SMILES string of the molecule is CC(=O)N1CCc2c(sc(NC(=O)[C@@H](C)Sc3ccccc3NC(=S)NC3CC3)c2C#N)C1. The molecule has 7 nitrogen and oxygen atoms in total. The van der Waals surface area contributed by atoms with Gasteiger partial charge in [0.2, 0.25) is 11.8 Å². The highest BCUT2D eigenvalue weighted by Crippen LogP contribution is 2.38. The van der Waals surface area contributed by atoms with Crippen LogP contribution in [0.15, 0.2) is 29.2 Å². The van der Waals surface area contributed by atoms with Gasteiger partial charge in [0.15, 0.2) is 5.11 Å². The Morgan fingerprint density at radius 3 is 2.76 bits per heavy atom. The summed E-state index contributed by atoms with van der Waals surface area (Å²) in [6, 6.07) is 10.5. The zero-order valence-electron chi connectivity index (χ0n) is 18.4. The van der Waals surface area contributed by atoms with E-state index in [-0.39, 0.29) is 11.8 Å². The Kier molecular flexibility index (Phi) is 7.22. The molecular formula is C23H25N5O2S3. The van der Waals surface area contributed by atoms with E-state index in [9.17, 15) is 14.9 Å². The summed E-state index contributed by atoms with van der Waals surface area (Å²) in [5.74, 6) is -0.158. The van der Waals surface area contributed by atoms with Crippen LogP contribution in [0.5, 0.6) is 0 Å². The first-order chi connectivity index (χ1) is 15.9. The molecule has 4 rings (SSSR count). The molecule has 1 saturated carbocycles. The number of benzene rings is 1. The Morgan fingerprint density at radius 1 is 1.30 bits per heavy atom. The van der Waals surface area contributed by atoms with Crippen LogP contribution < -0.4 is 16.0 Å². The molecule has 0 spiro atoms. The summed E-state index contributed by atoms with van der Waals surface area (Å²) in [6.45, 7) is 4.47. The number of fused-ring (bicyclic) bond motifs is 1. The van der Waals surface area contributed by atoms with Gasteiger partial charge in [-0.2, -0.15) is 5.26 Å². The van der Waals surface area contributed by atoms with Gasteiger partial charge < -0.3 is 20.9 Å². The number of nitriles is 1. The van der Waals surface area contributed by atoms with Crippen LogP contribution in [0, 0.1) is 11.3 Å². The lowest BCUT2D eigenvalue weighted by Crippen LogP contribution is -2.33. The van der Waals surface area contributed by atoms with Crippen LogP contribution in [0.3, 0.4) is 0 Å². The van der Waals surface area contributed by atoms with Crippen LogP contribution in [0.2, 0.25) is 0 Å². The predicted octanol–water partition coefficient (Wildman–Crippen LogP) is 4.09. The van der Waals surface area contributed by atoms with Gasteiger partial charge in [-0.1, -0.05) is 12.1 Å². The van der Waals surface area contributed by atoms with E-state index in [0.29, 0.717) is 41.2 Å². The molecule has 1 aromatic carbocycles. The number of carbonyl (C=O) groups excluding carboxylic acids is 2. The third-order valence-corrected chi connectivity index (χ3v) is 8.10. The maximum Gasteiger partial charge on any atom is 0.238 e. The number of hydrogen-bond donors (Lipinski definition) is 3. The van der Waals surface area contributed by atoms with Crippen molar-refractivity contribution in [3.8, 4) is 6.07 Å². The van der Waals surface area contributed by atoms with Crippen molar-refractivity contribution in [1.29, 1.82) is 5.26 Å². The quantitative estimate of drug-likeness (QED) is 0.407. The molecular weight excluding hydrogens is 474 g/mol. The predicted molar refractivity (Wildman–Crippen MR) is 137 cm³/mol. The molecule has 1 aliphatic carbocycles. The van der Waals surface area contributed by atoms with Gasteiger partial charge in [0.1, 0.15) is 11.1 Å². The summed E-state index contributed by atoms with van der Waals surface area (Å²) in [4.78, 5) is 28.4. The van der Waals surface area contributed by atoms with Gasteiger partial charge in [0, 0.05) is 29.3 Å². The zero-order valence-corrected chi connectivity index (χ0v) is 20.9. The molecule has 2 heterocycles. The molecule has 1 aliphatic heterocycles. The zero-order chi connectivity index (χ0) is 23.5. The molecule has 1 aromatic heterocycles. The molecule has 172 valence electrons. The highest BCUT2D eigenvalue weighted by molar-refractivity contribution is 8.00. The second-order valence-electron chi connectivity index (χ2n) is 8.13. The van der Waals surface area contributed by atoms with Crippen molar-refractivity contribution >= 4 is 62.9 Å². The molecule has 2 aromatic rings. The molecule has 2 aliphatic rings. The highest BCUT2D eigenvalue weighted by Gasteiger charge is 2.27. The van der Waals surface area contributed by atoms with Crippen molar-refractivity contribution in [3.63, 3.8) is 0 Å². The Bertz CT molecular complexity index is 1140. The minimum atomic E-state index is -0.391. The summed E-state index contributed by atoms with van der Waals surface area (Å²) < 4.78 is 0. The Morgan fingerprint density at radius 2 is 2.06 bits per heavy atom. The van der Waals surface area contributed by atoms with Crippen LogP contribution in [-0.4, -0.2) is 39.7 Å². The average Bonchev–Trinajstić information content (AvgIpc) is 3.52. The molecule has 0 unspecified atom stereocenters. The van der Waals surface area contributed by atoms with Crippen molar-refractivity contribution < 1.29 is 9.59 Å². The second kappa shape index (κ2) is 10.1. The molecule has 10 heteroatoms. The van der Waals surface area contributed by atoms with Crippen LogP contribution in [0.25, 0.3) is 0 Å².